The minimum Gasteiger partial charge on any atom is -0.484 e. The number of nitrogens with zero attached hydrogens (tertiary/aromatic N) is 1. The zero-order valence-electron chi connectivity index (χ0n) is 14.3. The highest BCUT2D eigenvalue weighted by atomic mass is 35.5. The van der Waals surface area contributed by atoms with Gasteiger partial charge in [-0.1, -0.05) is 29.8 Å². The molecule has 0 unspecified atom stereocenters. The van der Waals surface area contributed by atoms with Crippen molar-refractivity contribution in [1.29, 1.82) is 0 Å². The van der Waals surface area contributed by atoms with Crippen LogP contribution >= 0.6 is 23.8 Å². The van der Waals surface area contributed by atoms with Crippen molar-refractivity contribution in [3.05, 3.63) is 64.7 Å². The first-order valence-electron chi connectivity index (χ1n) is 8.03. The molecule has 2 aromatic rings. The highest BCUT2D eigenvalue weighted by molar-refractivity contribution is 7.80. The second kappa shape index (κ2) is 8.20. The molecule has 28 heavy (non-hydrogen) atoms. The zero-order valence-corrected chi connectivity index (χ0v) is 15.9. The van der Waals surface area contributed by atoms with Gasteiger partial charge in [-0.05, 0) is 54.2 Å². The van der Waals surface area contributed by atoms with E-state index in [-0.39, 0.29) is 17.3 Å². The van der Waals surface area contributed by atoms with Crippen LogP contribution in [0, 0.1) is 0 Å². The summed E-state index contributed by atoms with van der Waals surface area (Å²) in [4.78, 5) is 37.1. The molecule has 1 heterocycles. The number of rotatable bonds is 5. The molecule has 0 aliphatic carbocycles. The van der Waals surface area contributed by atoms with Crippen LogP contribution < -0.4 is 20.7 Å². The van der Waals surface area contributed by atoms with Crippen molar-refractivity contribution in [2.45, 2.75) is 0 Å². The van der Waals surface area contributed by atoms with Gasteiger partial charge in [-0.15, -0.1) is 0 Å². The third kappa shape index (κ3) is 4.36. The molecule has 1 saturated heterocycles. The smallest absolute Gasteiger partial charge is 0.270 e. The van der Waals surface area contributed by atoms with Crippen molar-refractivity contribution < 1.29 is 19.1 Å². The third-order valence-corrected chi connectivity index (χ3v) is 4.26. The molecule has 3 N–H and O–H groups in total. The summed E-state index contributed by atoms with van der Waals surface area (Å²) in [6.07, 6.45) is 1.44. The first-order valence-corrected chi connectivity index (χ1v) is 8.82. The molecular formula is C19H14ClN3O4S. The maximum Gasteiger partial charge on any atom is 0.270 e. The van der Waals surface area contributed by atoms with Crippen LogP contribution in [0.4, 0.5) is 5.69 Å². The number of carbonyl (C=O) groups is 3. The van der Waals surface area contributed by atoms with Gasteiger partial charge in [0.15, 0.2) is 11.7 Å². The van der Waals surface area contributed by atoms with Gasteiger partial charge in [-0.3, -0.25) is 24.6 Å². The fourth-order valence-corrected chi connectivity index (χ4v) is 2.95. The number of nitrogens with one attached hydrogen (secondary N) is 1. The van der Waals surface area contributed by atoms with Gasteiger partial charge in [-0.2, -0.15) is 0 Å². The van der Waals surface area contributed by atoms with Crippen LogP contribution in [0.5, 0.6) is 5.75 Å². The first-order chi connectivity index (χ1) is 13.3. The van der Waals surface area contributed by atoms with Crippen molar-refractivity contribution >= 4 is 58.4 Å². The van der Waals surface area contributed by atoms with Crippen molar-refractivity contribution in [2.75, 3.05) is 11.5 Å². The molecule has 1 fully saturated rings. The van der Waals surface area contributed by atoms with Crippen molar-refractivity contribution in [1.82, 2.24) is 5.32 Å². The van der Waals surface area contributed by atoms with E-state index in [4.69, 9.17) is 34.3 Å². The first kappa shape index (κ1) is 19.5. The number of primary amides is 1. The van der Waals surface area contributed by atoms with Crippen LogP contribution in [0.15, 0.2) is 54.1 Å². The summed E-state index contributed by atoms with van der Waals surface area (Å²) < 4.78 is 5.18. The molecule has 0 radical (unpaired) electrons. The van der Waals surface area contributed by atoms with E-state index in [1.807, 2.05) is 0 Å². The standard InChI is InChI=1S/C19H14ClN3O4S/c20-12-2-1-3-13(9-12)23-18(26)15(17(25)22-19(23)28)8-11-4-6-14(7-5-11)27-10-16(21)24/h1-9H,10H2,(H2,21,24)(H,22,25,28)/b15-8+. The number of amides is 3. The largest absolute Gasteiger partial charge is 0.484 e. The number of benzene rings is 2. The lowest BCUT2D eigenvalue weighted by molar-refractivity contribution is -0.122. The van der Waals surface area contributed by atoms with Crippen LogP contribution in [0.25, 0.3) is 6.08 Å². The lowest BCUT2D eigenvalue weighted by Crippen LogP contribution is -2.54. The van der Waals surface area contributed by atoms with Crippen LogP contribution in [0.3, 0.4) is 0 Å². The minimum absolute atomic E-state index is 0.0235. The summed E-state index contributed by atoms with van der Waals surface area (Å²) >= 11 is 11.1. The van der Waals surface area contributed by atoms with Gasteiger partial charge in [0, 0.05) is 5.02 Å². The van der Waals surface area contributed by atoms with Crippen LogP contribution in [-0.4, -0.2) is 29.4 Å². The molecule has 1 aliphatic rings. The fourth-order valence-electron chi connectivity index (χ4n) is 2.49. The van der Waals surface area contributed by atoms with Crippen molar-refractivity contribution in [3.63, 3.8) is 0 Å². The molecule has 1 aliphatic heterocycles. The van der Waals surface area contributed by atoms with Crippen LogP contribution in [-0.2, 0) is 14.4 Å². The second-order valence-electron chi connectivity index (χ2n) is 5.76. The van der Waals surface area contributed by atoms with Gasteiger partial charge in [0.2, 0.25) is 0 Å². The van der Waals surface area contributed by atoms with Gasteiger partial charge >= 0.3 is 0 Å². The highest BCUT2D eigenvalue weighted by Crippen LogP contribution is 2.25. The molecular weight excluding hydrogens is 402 g/mol. The summed E-state index contributed by atoms with van der Waals surface area (Å²) in [5.41, 5.74) is 5.98. The minimum atomic E-state index is -0.595. The number of hydrogen-bond donors (Lipinski definition) is 2. The lowest BCUT2D eigenvalue weighted by Gasteiger charge is -2.29. The van der Waals surface area contributed by atoms with E-state index in [1.165, 1.54) is 11.0 Å². The maximum absolute atomic E-state index is 12.9. The van der Waals surface area contributed by atoms with E-state index in [0.29, 0.717) is 22.0 Å². The van der Waals surface area contributed by atoms with E-state index in [1.54, 1.807) is 48.5 Å². The van der Waals surface area contributed by atoms with Gasteiger partial charge in [0.05, 0.1) is 5.69 Å². The van der Waals surface area contributed by atoms with Gasteiger partial charge in [-0.25, -0.2) is 0 Å². The summed E-state index contributed by atoms with van der Waals surface area (Å²) in [7, 11) is 0. The normalized spacial score (nSPS) is 15.5. The third-order valence-electron chi connectivity index (χ3n) is 3.74. The summed E-state index contributed by atoms with van der Waals surface area (Å²) in [6.45, 7) is -0.243. The second-order valence-corrected chi connectivity index (χ2v) is 6.58. The van der Waals surface area contributed by atoms with Crippen molar-refractivity contribution in [2.24, 2.45) is 5.73 Å². The maximum atomic E-state index is 12.9. The van der Waals surface area contributed by atoms with E-state index >= 15 is 0 Å². The molecule has 0 spiro atoms. The number of halogens is 1. The van der Waals surface area contributed by atoms with Gasteiger partial charge in [0.25, 0.3) is 17.7 Å². The van der Waals surface area contributed by atoms with E-state index in [2.05, 4.69) is 5.32 Å². The number of hydrogen-bond acceptors (Lipinski definition) is 5. The topological polar surface area (TPSA) is 102 Å². The van der Waals surface area contributed by atoms with E-state index in [9.17, 15) is 14.4 Å². The van der Waals surface area contributed by atoms with Gasteiger partial charge in [0.1, 0.15) is 11.3 Å². The Morgan fingerprint density at radius 2 is 1.93 bits per heavy atom. The summed E-state index contributed by atoms with van der Waals surface area (Å²) in [6, 6.07) is 13.1. The molecule has 142 valence electrons. The molecule has 0 atom stereocenters. The predicted octanol–water partition coefficient (Wildman–Crippen LogP) is 2.04. The van der Waals surface area contributed by atoms with E-state index < -0.39 is 17.7 Å². The zero-order chi connectivity index (χ0) is 20.3. The Hall–Kier alpha value is -3.23. The molecule has 0 bridgehead atoms. The number of thiocarbonyl (C=S) groups is 1. The quantitative estimate of drug-likeness (QED) is 0.442. The lowest BCUT2D eigenvalue weighted by atomic mass is 10.1. The number of carbonyl (C=O) groups excluding carboxylic acids is 3. The molecule has 3 amide bonds. The molecule has 0 saturated carbocycles. The Kier molecular flexibility index (Phi) is 5.72. The summed E-state index contributed by atoms with van der Waals surface area (Å²) in [5.74, 6) is -1.32. The number of nitrogens with two attached hydrogens (primary N) is 1. The number of ether oxygens (including phenoxy) is 1. The van der Waals surface area contributed by atoms with E-state index in [0.717, 1.165) is 0 Å². The Morgan fingerprint density at radius 1 is 1.21 bits per heavy atom. The molecule has 3 rings (SSSR count). The molecule has 0 aromatic heterocycles. The average molecular weight is 416 g/mol. The average Bonchev–Trinajstić information content (AvgIpc) is 2.64. The van der Waals surface area contributed by atoms with Crippen LogP contribution in [0.1, 0.15) is 5.56 Å². The molecule has 9 heteroatoms. The Morgan fingerprint density at radius 3 is 2.57 bits per heavy atom. The highest BCUT2D eigenvalue weighted by Gasteiger charge is 2.34. The Balaban J connectivity index is 1.87. The molecule has 7 nitrogen and oxygen atoms in total. The Labute approximate surface area is 170 Å². The number of anilines is 1. The van der Waals surface area contributed by atoms with Crippen LogP contribution in [0.2, 0.25) is 5.02 Å². The summed E-state index contributed by atoms with van der Waals surface area (Å²) in [5, 5.41) is 2.91. The monoisotopic (exact) mass is 415 g/mol. The fraction of sp³-hybridized carbons (Fsp3) is 0.0526. The van der Waals surface area contributed by atoms with Gasteiger partial charge < -0.3 is 10.5 Å². The predicted molar refractivity (Wildman–Crippen MR) is 109 cm³/mol. The SMILES string of the molecule is NC(=O)COc1ccc(/C=C2\C(=O)NC(=S)N(c3cccc(Cl)c3)C2=O)cc1. The van der Waals surface area contributed by atoms with Crippen molar-refractivity contribution in [3.8, 4) is 5.75 Å². The molecule has 2 aromatic carbocycles. The Bertz CT molecular complexity index is 1000.